The standard InChI is InChI=1S/C9H21NO/c1-5-8(6-11)10-7-9(2,3)4/h8,10-11H,5-7H2,1-4H3/t8-/m0/s1. The third-order valence-corrected chi connectivity index (χ3v) is 1.63. The SMILES string of the molecule is CC[C@@H](CO)NCC(C)(C)C. The van der Waals surface area contributed by atoms with Gasteiger partial charge in [-0.05, 0) is 11.8 Å². The predicted molar refractivity (Wildman–Crippen MR) is 48.6 cm³/mol. The summed E-state index contributed by atoms with van der Waals surface area (Å²) in [4.78, 5) is 0. The highest BCUT2D eigenvalue weighted by Gasteiger charge is 2.12. The van der Waals surface area contributed by atoms with Crippen LogP contribution < -0.4 is 5.32 Å². The van der Waals surface area contributed by atoms with Gasteiger partial charge in [0.25, 0.3) is 0 Å². The first kappa shape index (κ1) is 10.9. The van der Waals surface area contributed by atoms with E-state index in [2.05, 4.69) is 33.0 Å². The number of aliphatic hydroxyl groups excluding tert-OH is 1. The largest absolute Gasteiger partial charge is 0.395 e. The Labute approximate surface area is 70.0 Å². The van der Waals surface area contributed by atoms with Crippen LogP contribution in [0.25, 0.3) is 0 Å². The van der Waals surface area contributed by atoms with Crippen molar-refractivity contribution in [2.45, 2.75) is 40.2 Å². The van der Waals surface area contributed by atoms with E-state index in [0.29, 0.717) is 5.41 Å². The van der Waals surface area contributed by atoms with Crippen LogP contribution in [0.1, 0.15) is 34.1 Å². The molecular formula is C9H21NO. The minimum absolute atomic E-state index is 0.243. The molecule has 0 bridgehead atoms. The van der Waals surface area contributed by atoms with Crippen LogP contribution in [0, 0.1) is 5.41 Å². The molecule has 2 heteroatoms. The molecule has 0 fully saturated rings. The molecule has 0 saturated heterocycles. The van der Waals surface area contributed by atoms with Crippen LogP contribution in [-0.4, -0.2) is 24.3 Å². The average Bonchev–Trinajstić information content (AvgIpc) is 1.88. The van der Waals surface area contributed by atoms with Crippen molar-refractivity contribution in [3.63, 3.8) is 0 Å². The molecule has 11 heavy (non-hydrogen) atoms. The van der Waals surface area contributed by atoms with Crippen LogP contribution in [0.4, 0.5) is 0 Å². The van der Waals surface area contributed by atoms with Crippen LogP contribution in [-0.2, 0) is 0 Å². The zero-order chi connectivity index (χ0) is 8.91. The van der Waals surface area contributed by atoms with Crippen LogP contribution >= 0.6 is 0 Å². The van der Waals surface area contributed by atoms with Gasteiger partial charge in [0.1, 0.15) is 0 Å². The fourth-order valence-electron chi connectivity index (χ4n) is 0.789. The van der Waals surface area contributed by atoms with Gasteiger partial charge in [-0.1, -0.05) is 27.7 Å². The Morgan fingerprint density at radius 1 is 1.36 bits per heavy atom. The van der Waals surface area contributed by atoms with Crippen molar-refractivity contribution >= 4 is 0 Å². The van der Waals surface area contributed by atoms with Gasteiger partial charge in [-0.3, -0.25) is 0 Å². The summed E-state index contributed by atoms with van der Waals surface area (Å²) in [7, 11) is 0. The molecule has 1 atom stereocenters. The minimum Gasteiger partial charge on any atom is -0.395 e. The van der Waals surface area contributed by atoms with Gasteiger partial charge in [0.05, 0.1) is 6.61 Å². The maximum Gasteiger partial charge on any atom is 0.0584 e. The van der Waals surface area contributed by atoms with Crippen molar-refractivity contribution in [1.82, 2.24) is 5.32 Å². The molecule has 2 nitrogen and oxygen atoms in total. The summed E-state index contributed by atoms with van der Waals surface area (Å²) in [5.41, 5.74) is 0.308. The van der Waals surface area contributed by atoms with E-state index < -0.39 is 0 Å². The van der Waals surface area contributed by atoms with Crippen LogP contribution in [0.3, 0.4) is 0 Å². The lowest BCUT2D eigenvalue weighted by Crippen LogP contribution is -2.37. The number of hydrogen-bond acceptors (Lipinski definition) is 2. The molecule has 0 aromatic carbocycles. The van der Waals surface area contributed by atoms with Gasteiger partial charge in [0, 0.05) is 12.6 Å². The minimum atomic E-state index is 0.243. The van der Waals surface area contributed by atoms with Crippen LogP contribution in [0.5, 0.6) is 0 Å². The van der Waals surface area contributed by atoms with Gasteiger partial charge < -0.3 is 10.4 Å². The third kappa shape index (κ3) is 6.32. The van der Waals surface area contributed by atoms with Gasteiger partial charge in [0.15, 0.2) is 0 Å². The zero-order valence-electron chi connectivity index (χ0n) is 8.15. The fraction of sp³-hybridized carbons (Fsp3) is 1.00. The van der Waals surface area contributed by atoms with E-state index >= 15 is 0 Å². The number of hydrogen-bond donors (Lipinski definition) is 2. The molecule has 0 aromatic heterocycles. The topological polar surface area (TPSA) is 32.3 Å². The van der Waals surface area contributed by atoms with E-state index in [0.717, 1.165) is 13.0 Å². The third-order valence-electron chi connectivity index (χ3n) is 1.63. The number of aliphatic hydroxyl groups is 1. The van der Waals surface area contributed by atoms with E-state index in [9.17, 15) is 0 Å². The van der Waals surface area contributed by atoms with Gasteiger partial charge >= 0.3 is 0 Å². The van der Waals surface area contributed by atoms with E-state index in [-0.39, 0.29) is 12.6 Å². The van der Waals surface area contributed by atoms with Gasteiger partial charge in [-0.15, -0.1) is 0 Å². The smallest absolute Gasteiger partial charge is 0.0584 e. The van der Waals surface area contributed by atoms with Crippen molar-refractivity contribution in [2.24, 2.45) is 5.41 Å². The Kier molecular flexibility index (Phi) is 4.69. The monoisotopic (exact) mass is 159 g/mol. The van der Waals surface area contributed by atoms with Crippen LogP contribution in [0.2, 0.25) is 0 Å². The van der Waals surface area contributed by atoms with Gasteiger partial charge in [0.2, 0.25) is 0 Å². The molecule has 0 aromatic rings. The Bertz CT molecular complexity index is 92.2. The Balaban J connectivity index is 3.51. The summed E-state index contributed by atoms with van der Waals surface area (Å²) < 4.78 is 0. The van der Waals surface area contributed by atoms with Crippen LogP contribution in [0.15, 0.2) is 0 Å². The quantitative estimate of drug-likeness (QED) is 0.649. The summed E-state index contributed by atoms with van der Waals surface area (Å²) >= 11 is 0. The Morgan fingerprint density at radius 3 is 2.18 bits per heavy atom. The van der Waals surface area contributed by atoms with Gasteiger partial charge in [-0.2, -0.15) is 0 Å². The predicted octanol–water partition coefficient (Wildman–Crippen LogP) is 1.39. The molecule has 0 aliphatic carbocycles. The highest BCUT2D eigenvalue weighted by Crippen LogP contribution is 2.10. The van der Waals surface area contributed by atoms with E-state index in [1.54, 1.807) is 0 Å². The molecule has 0 rings (SSSR count). The molecule has 0 saturated carbocycles. The molecule has 68 valence electrons. The second-order valence-corrected chi connectivity index (χ2v) is 4.23. The molecule has 0 amide bonds. The lowest BCUT2D eigenvalue weighted by atomic mass is 9.96. The average molecular weight is 159 g/mol. The maximum absolute atomic E-state index is 8.86. The molecule has 0 radical (unpaired) electrons. The van der Waals surface area contributed by atoms with Gasteiger partial charge in [-0.25, -0.2) is 0 Å². The van der Waals surface area contributed by atoms with E-state index in [4.69, 9.17) is 5.11 Å². The van der Waals surface area contributed by atoms with E-state index in [1.807, 2.05) is 0 Å². The fourth-order valence-corrected chi connectivity index (χ4v) is 0.789. The number of rotatable bonds is 4. The molecular weight excluding hydrogens is 138 g/mol. The lowest BCUT2D eigenvalue weighted by Gasteiger charge is -2.22. The molecule has 2 N–H and O–H groups in total. The molecule has 0 aliphatic rings. The summed E-state index contributed by atoms with van der Waals surface area (Å²) in [6, 6.07) is 0.272. The second-order valence-electron chi connectivity index (χ2n) is 4.23. The first-order valence-electron chi connectivity index (χ1n) is 4.34. The summed E-state index contributed by atoms with van der Waals surface area (Å²) in [6.45, 7) is 9.84. The summed E-state index contributed by atoms with van der Waals surface area (Å²) in [5.74, 6) is 0. The molecule has 0 spiro atoms. The molecule has 0 aliphatic heterocycles. The van der Waals surface area contributed by atoms with Crippen molar-refractivity contribution in [1.29, 1.82) is 0 Å². The van der Waals surface area contributed by atoms with Crippen molar-refractivity contribution in [3.05, 3.63) is 0 Å². The highest BCUT2D eigenvalue weighted by molar-refractivity contribution is 4.70. The normalized spacial score (nSPS) is 15.0. The Morgan fingerprint density at radius 2 is 1.91 bits per heavy atom. The lowest BCUT2D eigenvalue weighted by molar-refractivity contribution is 0.224. The summed E-state index contributed by atoms with van der Waals surface area (Å²) in [5, 5.41) is 12.2. The maximum atomic E-state index is 8.86. The highest BCUT2D eigenvalue weighted by atomic mass is 16.3. The molecule has 0 heterocycles. The Hall–Kier alpha value is -0.0800. The second kappa shape index (κ2) is 4.73. The van der Waals surface area contributed by atoms with E-state index in [1.165, 1.54) is 0 Å². The molecule has 0 unspecified atom stereocenters. The first-order valence-corrected chi connectivity index (χ1v) is 4.34. The number of nitrogens with one attached hydrogen (secondary N) is 1. The van der Waals surface area contributed by atoms with Crippen molar-refractivity contribution < 1.29 is 5.11 Å². The zero-order valence-corrected chi connectivity index (χ0v) is 8.15. The first-order chi connectivity index (χ1) is 4.99. The summed E-state index contributed by atoms with van der Waals surface area (Å²) in [6.07, 6.45) is 0.993. The van der Waals surface area contributed by atoms with Crippen molar-refractivity contribution in [3.8, 4) is 0 Å². The van der Waals surface area contributed by atoms with Crippen molar-refractivity contribution in [2.75, 3.05) is 13.2 Å².